The minimum absolute atomic E-state index is 0.221. The third kappa shape index (κ3) is 3.93. The number of carbonyl (C=O) groups is 1. The van der Waals surface area contributed by atoms with Crippen LogP contribution in [-0.4, -0.2) is 22.4 Å². The Morgan fingerprint density at radius 2 is 2.15 bits per heavy atom. The number of hydrogen-bond acceptors (Lipinski definition) is 4. The molecular formula is C14H14ClN3O2. The molecule has 0 aliphatic carbocycles. The summed E-state index contributed by atoms with van der Waals surface area (Å²) in [7, 11) is 0. The van der Waals surface area contributed by atoms with Crippen LogP contribution < -0.4 is 10.1 Å². The summed E-state index contributed by atoms with van der Waals surface area (Å²) in [5.41, 5.74) is 0.310. The number of aromatic nitrogens is 2. The second-order valence-corrected chi connectivity index (χ2v) is 4.47. The Morgan fingerprint density at radius 3 is 2.85 bits per heavy atom. The molecule has 104 valence electrons. The lowest BCUT2D eigenvalue weighted by atomic mass is 10.3. The monoisotopic (exact) mass is 291 g/mol. The fraction of sp³-hybridized carbons (Fsp3) is 0.214. The van der Waals surface area contributed by atoms with Crippen LogP contribution in [0.3, 0.4) is 0 Å². The molecule has 1 N–H and O–H groups in total. The number of carbonyl (C=O) groups excluding carboxylic acids is 1. The maximum atomic E-state index is 11.8. The van der Waals surface area contributed by atoms with Gasteiger partial charge in [-0.15, -0.1) is 0 Å². The predicted octanol–water partition coefficient (Wildman–Crippen LogP) is 3.06. The third-order valence-corrected chi connectivity index (χ3v) is 2.62. The number of nitrogens with zero attached hydrogens (tertiary/aromatic N) is 2. The molecule has 0 aliphatic heterocycles. The van der Waals surface area contributed by atoms with Crippen molar-refractivity contribution in [2.24, 2.45) is 0 Å². The summed E-state index contributed by atoms with van der Waals surface area (Å²) in [5, 5.41) is 3.28. The number of ether oxygens (including phenoxy) is 1. The first-order valence-corrected chi connectivity index (χ1v) is 6.61. The topological polar surface area (TPSA) is 64.1 Å². The molecule has 0 saturated carbocycles. The highest BCUT2D eigenvalue weighted by atomic mass is 35.5. The average molecular weight is 292 g/mol. The molecule has 2 aromatic rings. The second-order valence-electron chi connectivity index (χ2n) is 4.03. The van der Waals surface area contributed by atoms with Gasteiger partial charge in [0.2, 0.25) is 11.8 Å². The molecule has 0 radical (unpaired) electrons. The van der Waals surface area contributed by atoms with Gasteiger partial charge in [0.25, 0.3) is 5.91 Å². The van der Waals surface area contributed by atoms with Crippen LogP contribution in [0.4, 0.5) is 0 Å². The molecule has 0 aliphatic rings. The fourth-order valence-corrected chi connectivity index (χ4v) is 1.57. The van der Waals surface area contributed by atoms with Crippen molar-refractivity contribution in [2.75, 3.05) is 6.54 Å². The quantitative estimate of drug-likeness (QED) is 0.919. The van der Waals surface area contributed by atoms with Crippen LogP contribution >= 0.6 is 11.6 Å². The number of pyridine rings is 2. The lowest BCUT2D eigenvalue weighted by Crippen LogP contribution is -2.24. The molecule has 2 aromatic heterocycles. The van der Waals surface area contributed by atoms with Gasteiger partial charge in [-0.25, -0.2) is 9.97 Å². The molecule has 0 spiro atoms. The van der Waals surface area contributed by atoms with E-state index in [4.69, 9.17) is 16.3 Å². The van der Waals surface area contributed by atoms with Crippen LogP contribution in [0, 0.1) is 0 Å². The average Bonchev–Trinajstić information content (AvgIpc) is 2.47. The smallest absolute Gasteiger partial charge is 0.270 e. The minimum Gasteiger partial charge on any atom is -0.421 e. The van der Waals surface area contributed by atoms with Crippen molar-refractivity contribution >= 4 is 17.5 Å². The van der Waals surface area contributed by atoms with Crippen LogP contribution in [0.25, 0.3) is 0 Å². The molecule has 0 bridgehead atoms. The number of rotatable bonds is 5. The van der Waals surface area contributed by atoms with E-state index in [0.29, 0.717) is 29.0 Å². The zero-order valence-corrected chi connectivity index (χ0v) is 11.7. The van der Waals surface area contributed by atoms with Gasteiger partial charge in [0.15, 0.2) is 0 Å². The molecule has 2 rings (SSSR count). The summed E-state index contributed by atoms with van der Waals surface area (Å²) in [6.07, 6.45) is 2.35. The van der Waals surface area contributed by atoms with Crippen molar-refractivity contribution < 1.29 is 9.53 Å². The van der Waals surface area contributed by atoms with Gasteiger partial charge in [0.1, 0.15) is 5.69 Å². The third-order valence-electron chi connectivity index (χ3n) is 2.40. The van der Waals surface area contributed by atoms with E-state index in [1.165, 1.54) is 6.20 Å². The summed E-state index contributed by atoms with van der Waals surface area (Å²) in [6.45, 7) is 2.60. The highest BCUT2D eigenvalue weighted by molar-refractivity contribution is 6.30. The number of halogens is 1. The Bertz CT molecular complexity index is 587. The number of nitrogens with one attached hydrogen (secondary N) is 1. The summed E-state index contributed by atoms with van der Waals surface area (Å²) in [4.78, 5) is 19.9. The first-order valence-electron chi connectivity index (χ1n) is 6.23. The van der Waals surface area contributed by atoms with Gasteiger partial charge in [-0.2, -0.15) is 0 Å². The molecule has 0 atom stereocenters. The van der Waals surface area contributed by atoms with Crippen molar-refractivity contribution in [3.63, 3.8) is 0 Å². The summed E-state index contributed by atoms with van der Waals surface area (Å²) in [5.74, 6) is 0.457. The normalized spacial score (nSPS) is 10.1. The fourth-order valence-electron chi connectivity index (χ4n) is 1.46. The zero-order valence-electron chi connectivity index (χ0n) is 11.0. The highest BCUT2D eigenvalue weighted by Crippen LogP contribution is 2.18. The number of hydrogen-bond donors (Lipinski definition) is 1. The van der Waals surface area contributed by atoms with E-state index in [0.717, 1.165) is 6.42 Å². The molecule has 6 heteroatoms. The van der Waals surface area contributed by atoms with Crippen molar-refractivity contribution in [3.05, 3.63) is 47.2 Å². The van der Waals surface area contributed by atoms with E-state index in [-0.39, 0.29) is 5.91 Å². The van der Waals surface area contributed by atoms with Crippen molar-refractivity contribution in [1.29, 1.82) is 0 Å². The Labute approximate surface area is 122 Å². The maximum Gasteiger partial charge on any atom is 0.270 e. The van der Waals surface area contributed by atoms with E-state index < -0.39 is 0 Å². The maximum absolute atomic E-state index is 11.8. The van der Waals surface area contributed by atoms with E-state index in [9.17, 15) is 4.79 Å². The number of amides is 1. The molecule has 0 saturated heterocycles. The lowest BCUT2D eigenvalue weighted by Gasteiger charge is -2.06. The molecule has 20 heavy (non-hydrogen) atoms. The van der Waals surface area contributed by atoms with E-state index in [1.54, 1.807) is 30.3 Å². The molecular weight excluding hydrogens is 278 g/mol. The van der Waals surface area contributed by atoms with Crippen LogP contribution in [0.5, 0.6) is 11.8 Å². The van der Waals surface area contributed by atoms with E-state index in [1.807, 2.05) is 6.92 Å². The molecule has 0 aromatic carbocycles. The van der Waals surface area contributed by atoms with Crippen molar-refractivity contribution in [1.82, 2.24) is 15.3 Å². The van der Waals surface area contributed by atoms with E-state index in [2.05, 4.69) is 15.3 Å². The summed E-state index contributed by atoms with van der Waals surface area (Å²) < 4.78 is 5.47. The Hall–Kier alpha value is -2.14. The van der Waals surface area contributed by atoms with Gasteiger partial charge >= 0.3 is 0 Å². The first kappa shape index (κ1) is 14.3. The van der Waals surface area contributed by atoms with Gasteiger partial charge in [-0.05, 0) is 18.6 Å². The molecule has 5 nitrogen and oxygen atoms in total. The summed E-state index contributed by atoms with van der Waals surface area (Å²) in [6, 6.07) is 8.30. The second kappa shape index (κ2) is 6.86. The largest absolute Gasteiger partial charge is 0.421 e. The Morgan fingerprint density at radius 1 is 1.30 bits per heavy atom. The Balaban J connectivity index is 2.09. The van der Waals surface area contributed by atoms with Crippen LogP contribution in [-0.2, 0) is 0 Å². The molecule has 0 fully saturated rings. The van der Waals surface area contributed by atoms with Gasteiger partial charge in [-0.1, -0.05) is 24.6 Å². The molecule has 2 heterocycles. The van der Waals surface area contributed by atoms with Gasteiger partial charge in [0.05, 0.1) is 5.02 Å². The standard InChI is InChI=1S/C14H14ClN3O2/c1-2-8-16-14(19)11-4-3-5-13(18-11)20-12-7-6-10(15)9-17-12/h3-7,9H,2,8H2,1H3,(H,16,19). The SMILES string of the molecule is CCCNC(=O)c1cccc(Oc2ccc(Cl)cn2)n1. The van der Waals surface area contributed by atoms with Crippen LogP contribution in [0.2, 0.25) is 5.02 Å². The minimum atomic E-state index is -0.221. The van der Waals surface area contributed by atoms with Crippen molar-refractivity contribution in [2.45, 2.75) is 13.3 Å². The Kier molecular flexibility index (Phi) is 4.90. The van der Waals surface area contributed by atoms with Crippen LogP contribution in [0.1, 0.15) is 23.8 Å². The lowest BCUT2D eigenvalue weighted by molar-refractivity contribution is 0.0948. The summed E-state index contributed by atoms with van der Waals surface area (Å²) >= 11 is 5.74. The molecule has 1 amide bonds. The van der Waals surface area contributed by atoms with Crippen molar-refractivity contribution in [3.8, 4) is 11.8 Å². The predicted molar refractivity (Wildman–Crippen MR) is 76.2 cm³/mol. The van der Waals surface area contributed by atoms with Gasteiger partial charge in [-0.3, -0.25) is 4.79 Å². The first-order chi connectivity index (χ1) is 9.69. The van der Waals surface area contributed by atoms with Gasteiger partial charge < -0.3 is 10.1 Å². The molecule has 0 unspecified atom stereocenters. The highest BCUT2D eigenvalue weighted by Gasteiger charge is 2.08. The van der Waals surface area contributed by atoms with Gasteiger partial charge in [0, 0.05) is 24.9 Å². The van der Waals surface area contributed by atoms with Crippen LogP contribution in [0.15, 0.2) is 36.5 Å². The zero-order chi connectivity index (χ0) is 14.4. The van der Waals surface area contributed by atoms with E-state index >= 15 is 0 Å².